The van der Waals surface area contributed by atoms with Gasteiger partial charge in [-0.2, -0.15) is 4.31 Å². The topological polar surface area (TPSA) is 140 Å². The van der Waals surface area contributed by atoms with E-state index in [0.717, 1.165) is 11.1 Å². The van der Waals surface area contributed by atoms with Crippen molar-refractivity contribution in [2.45, 2.75) is 61.1 Å². The van der Waals surface area contributed by atoms with Crippen molar-refractivity contribution in [1.29, 1.82) is 0 Å². The van der Waals surface area contributed by atoms with Gasteiger partial charge in [-0.1, -0.05) is 34.9 Å². The molecule has 1 aliphatic heterocycles. The van der Waals surface area contributed by atoms with Crippen molar-refractivity contribution in [3.8, 4) is 0 Å². The highest BCUT2D eigenvalue weighted by Gasteiger charge is 2.39. The van der Waals surface area contributed by atoms with E-state index in [4.69, 9.17) is 4.42 Å². The average molecular weight is 533 g/mol. The van der Waals surface area contributed by atoms with Crippen LogP contribution >= 0.6 is 0 Å². The van der Waals surface area contributed by atoms with Crippen molar-refractivity contribution < 1.29 is 26.0 Å². The van der Waals surface area contributed by atoms with E-state index in [1.54, 1.807) is 38.1 Å². The molecule has 0 radical (unpaired) electrons. The molecule has 1 aliphatic rings. The van der Waals surface area contributed by atoms with Gasteiger partial charge in [-0.05, 0) is 63.4 Å². The molecule has 4 rings (SSSR count). The predicted octanol–water partition coefficient (Wildman–Crippen LogP) is 2.94. The van der Waals surface area contributed by atoms with E-state index in [1.807, 2.05) is 6.92 Å². The number of carbonyl (C=O) groups excluding carboxylic acids is 1. The maximum absolute atomic E-state index is 13.1. The molecule has 0 spiro atoms. The summed E-state index contributed by atoms with van der Waals surface area (Å²) in [4.78, 5) is 13.3. The first-order valence-electron chi connectivity index (χ1n) is 11.5. The third-order valence-electron chi connectivity index (χ3n) is 6.06. The molecule has 1 unspecified atom stereocenters. The lowest BCUT2D eigenvalue weighted by Gasteiger charge is -2.22. The zero-order valence-corrected chi connectivity index (χ0v) is 21.8. The molecule has 0 saturated carbocycles. The summed E-state index contributed by atoms with van der Waals surface area (Å²) in [6.45, 7) is 5.36. The molecule has 0 bridgehead atoms. The summed E-state index contributed by atoms with van der Waals surface area (Å²) in [6.07, 6.45) is 1.17. The van der Waals surface area contributed by atoms with Gasteiger partial charge in [0.25, 0.3) is 0 Å². The van der Waals surface area contributed by atoms with Crippen molar-refractivity contribution >= 4 is 31.8 Å². The Kier molecular flexibility index (Phi) is 7.30. The van der Waals surface area contributed by atoms with Crippen LogP contribution in [-0.4, -0.2) is 55.1 Å². The zero-order chi connectivity index (χ0) is 26.1. The number of sulfonamides is 1. The first-order valence-corrected chi connectivity index (χ1v) is 14.5. The van der Waals surface area contributed by atoms with E-state index in [1.165, 1.54) is 28.6 Å². The second-order valence-electron chi connectivity index (χ2n) is 8.99. The van der Waals surface area contributed by atoms with Crippen LogP contribution in [-0.2, 0) is 31.1 Å². The summed E-state index contributed by atoms with van der Waals surface area (Å²) in [5, 5.41) is 9.79. The maximum atomic E-state index is 13.1. The van der Waals surface area contributed by atoms with Gasteiger partial charge >= 0.3 is 6.01 Å². The van der Waals surface area contributed by atoms with Crippen LogP contribution in [0.3, 0.4) is 0 Å². The minimum Gasteiger partial charge on any atom is -0.407 e. The quantitative estimate of drug-likeness (QED) is 0.467. The van der Waals surface area contributed by atoms with E-state index < -0.39 is 37.1 Å². The Morgan fingerprint density at radius 3 is 2.31 bits per heavy atom. The highest BCUT2D eigenvalue weighted by molar-refractivity contribution is 7.92. The molecule has 10 nitrogen and oxygen atoms in total. The maximum Gasteiger partial charge on any atom is 0.322 e. The number of nitrogens with one attached hydrogen (secondary N) is 1. The monoisotopic (exact) mass is 532 g/mol. The number of hydrogen-bond donors (Lipinski definition) is 1. The lowest BCUT2D eigenvalue weighted by Crippen LogP contribution is -2.43. The van der Waals surface area contributed by atoms with Gasteiger partial charge in [0.2, 0.25) is 21.8 Å². The van der Waals surface area contributed by atoms with Gasteiger partial charge < -0.3 is 4.42 Å². The lowest BCUT2D eigenvalue weighted by molar-refractivity contribution is -0.119. The minimum absolute atomic E-state index is 0.131. The third-order valence-corrected chi connectivity index (χ3v) is 10.2. The summed E-state index contributed by atoms with van der Waals surface area (Å²) in [5.74, 6) is -0.318. The van der Waals surface area contributed by atoms with E-state index in [0.29, 0.717) is 12.8 Å². The van der Waals surface area contributed by atoms with Crippen LogP contribution in [0.2, 0.25) is 0 Å². The van der Waals surface area contributed by atoms with Crippen molar-refractivity contribution in [1.82, 2.24) is 14.5 Å². The number of aromatic nitrogens is 2. The number of amides is 1. The molecule has 2 heterocycles. The summed E-state index contributed by atoms with van der Waals surface area (Å²) >= 11 is 0. The van der Waals surface area contributed by atoms with Gasteiger partial charge in [-0.15, -0.1) is 5.10 Å². The average Bonchev–Trinajstić information content (AvgIpc) is 3.50. The number of hydrogen-bond acceptors (Lipinski definition) is 8. The summed E-state index contributed by atoms with van der Waals surface area (Å²) < 4.78 is 57.5. The molecule has 3 aromatic rings. The van der Waals surface area contributed by atoms with Gasteiger partial charge in [0, 0.05) is 6.54 Å². The normalized spacial score (nSPS) is 16.9. The van der Waals surface area contributed by atoms with Crippen LogP contribution in [0.15, 0.2) is 62.7 Å². The van der Waals surface area contributed by atoms with E-state index in [2.05, 4.69) is 15.5 Å². The van der Waals surface area contributed by atoms with Crippen LogP contribution in [0, 0.1) is 6.92 Å². The van der Waals surface area contributed by atoms with Crippen LogP contribution in [0.1, 0.15) is 43.7 Å². The number of nitrogens with zero attached hydrogens (tertiary/aromatic N) is 3. The van der Waals surface area contributed by atoms with Crippen LogP contribution < -0.4 is 5.32 Å². The Hall–Kier alpha value is -3.09. The Bertz CT molecular complexity index is 1450. The minimum atomic E-state index is -3.83. The molecule has 1 atom stereocenters. The lowest BCUT2D eigenvalue weighted by atomic mass is 10.1. The highest BCUT2D eigenvalue weighted by atomic mass is 32.2. The predicted molar refractivity (Wildman–Crippen MR) is 133 cm³/mol. The molecule has 1 N–H and O–H groups in total. The number of anilines is 1. The fourth-order valence-electron chi connectivity index (χ4n) is 3.94. The van der Waals surface area contributed by atoms with Crippen LogP contribution in [0.4, 0.5) is 6.01 Å². The fraction of sp³-hybridized carbons (Fsp3) is 0.375. The van der Waals surface area contributed by atoms with Gasteiger partial charge in [0.1, 0.15) is 6.04 Å². The SMILES string of the molecule is Cc1ccc(S(=O)(=O)N2CCCC2C(=O)Nc2nnc(Cc3ccc(S(=O)(=O)C(C)C)cc3)o2)cc1. The number of aryl methyl sites for hydroxylation is 1. The third kappa shape index (κ3) is 5.35. The van der Waals surface area contributed by atoms with Crippen molar-refractivity contribution in [2.75, 3.05) is 11.9 Å². The number of benzene rings is 2. The Labute approximate surface area is 210 Å². The Morgan fingerprint density at radius 2 is 1.67 bits per heavy atom. The number of rotatable bonds is 8. The molecule has 1 amide bonds. The summed E-state index contributed by atoms with van der Waals surface area (Å²) in [6, 6.07) is 11.9. The molecule has 1 saturated heterocycles. The second kappa shape index (κ2) is 10.1. The highest BCUT2D eigenvalue weighted by Crippen LogP contribution is 2.27. The van der Waals surface area contributed by atoms with Crippen LogP contribution in [0.25, 0.3) is 0 Å². The first-order chi connectivity index (χ1) is 17.0. The second-order valence-corrected chi connectivity index (χ2v) is 13.4. The van der Waals surface area contributed by atoms with Crippen molar-refractivity contribution in [2.24, 2.45) is 0 Å². The van der Waals surface area contributed by atoms with Gasteiger partial charge in [0.15, 0.2) is 9.84 Å². The van der Waals surface area contributed by atoms with E-state index >= 15 is 0 Å². The van der Waals surface area contributed by atoms with Gasteiger partial charge in [-0.25, -0.2) is 16.8 Å². The number of carbonyl (C=O) groups is 1. The zero-order valence-electron chi connectivity index (χ0n) is 20.2. The van der Waals surface area contributed by atoms with Crippen molar-refractivity contribution in [3.63, 3.8) is 0 Å². The van der Waals surface area contributed by atoms with Gasteiger partial charge in [0.05, 0.1) is 21.5 Å². The standard InChI is InChI=1S/C24H28N4O6S2/c1-16(2)35(30,31)19-12-8-18(9-13-19)15-22-26-27-24(34-22)25-23(29)21-5-4-14-28(21)36(32,33)20-10-6-17(3)7-11-20/h6-13,16,21H,4-5,14-15H2,1-3H3,(H,25,27,29). The summed E-state index contributed by atoms with van der Waals surface area (Å²) in [5.41, 5.74) is 1.69. The summed E-state index contributed by atoms with van der Waals surface area (Å²) in [7, 11) is -7.20. The molecule has 1 aromatic heterocycles. The van der Waals surface area contributed by atoms with Crippen molar-refractivity contribution in [3.05, 3.63) is 65.5 Å². The molecular weight excluding hydrogens is 504 g/mol. The molecule has 192 valence electrons. The van der Waals surface area contributed by atoms with E-state index in [9.17, 15) is 21.6 Å². The number of sulfone groups is 1. The molecule has 2 aromatic carbocycles. The molecule has 1 fully saturated rings. The fourth-order valence-corrected chi connectivity index (χ4v) is 6.66. The molecular formula is C24H28N4O6S2. The first kappa shape index (κ1) is 26.0. The van der Waals surface area contributed by atoms with Crippen LogP contribution in [0.5, 0.6) is 0 Å². The molecule has 12 heteroatoms. The van der Waals surface area contributed by atoms with E-state index in [-0.39, 0.29) is 34.7 Å². The Morgan fingerprint density at radius 1 is 1.03 bits per heavy atom. The Balaban J connectivity index is 1.42. The largest absolute Gasteiger partial charge is 0.407 e. The molecule has 0 aliphatic carbocycles. The smallest absolute Gasteiger partial charge is 0.322 e. The molecule has 36 heavy (non-hydrogen) atoms. The van der Waals surface area contributed by atoms with Gasteiger partial charge in [-0.3, -0.25) is 10.1 Å².